The summed E-state index contributed by atoms with van der Waals surface area (Å²) in [5.41, 5.74) is 5.05. The molecule has 1 aliphatic heterocycles. The largest absolute Gasteiger partial charge is 0.416 e. The van der Waals surface area contributed by atoms with E-state index in [1.54, 1.807) is 29.2 Å². The number of imidazole rings is 1. The predicted octanol–water partition coefficient (Wildman–Crippen LogP) is 6.99. The number of fused-ring (bicyclic) bond motifs is 1. The molecule has 0 radical (unpaired) electrons. The molecule has 5 aromatic rings. The Labute approximate surface area is 251 Å². The number of piperazine rings is 1. The first kappa shape index (κ1) is 29.3. The van der Waals surface area contributed by atoms with Crippen molar-refractivity contribution in [2.75, 3.05) is 26.2 Å². The number of halogens is 4. The summed E-state index contributed by atoms with van der Waals surface area (Å²) in [5, 5.41) is 0. The highest BCUT2D eigenvalue weighted by Gasteiger charge is 2.31. The van der Waals surface area contributed by atoms with Gasteiger partial charge in [0.25, 0.3) is 5.91 Å². The second kappa shape index (κ2) is 11.7. The van der Waals surface area contributed by atoms with Crippen LogP contribution < -0.4 is 0 Å². The molecule has 2 aromatic heterocycles. The number of aromatic nitrogens is 2. The van der Waals surface area contributed by atoms with Crippen LogP contribution in [0.5, 0.6) is 0 Å². The number of nitrogens with zero attached hydrogens (tertiary/aromatic N) is 4. The number of benzene rings is 3. The Hall–Kier alpha value is -4.83. The highest BCUT2D eigenvalue weighted by Crippen LogP contribution is 2.31. The molecule has 0 bridgehead atoms. The summed E-state index contributed by atoms with van der Waals surface area (Å²) in [6, 6.07) is 21.8. The summed E-state index contributed by atoms with van der Waals surface area (Å²) in [7, 11) is 0. The van der Waals surface area contributed by atoms with Crippen LogP contribution in [0.4, 0.5) is 17.6 Å². The van der Waals surface area contributed by atoms with Gasteiger partial charge in [-0.05, 0) is 78.7 Å². The molecule has 6 nitrogen and oxygen atoms in total. The van der Waals surface area contributed by atoms with Crippen molar-refractivity contribution in [3.8, 4) is 22.4 Å². The Morgan fingerprint density at radius 2 is 1.34 bits per heavy atom. The Bertz CT molecular complexity index is 1820. The van der Waals surface area contributed by atoms with Crippen LogP contribution >= 0.6 is 0 Å². The van der Waals surface area contributed by atoms with Gasteiger partial charge in [0.1, 0.15) is 11.5 Å². The molecule has 1 saturated heterocycles. The summed E-state index contributed by atoms with van der Waals surface area (Å²) in [4.78, 5) is 33.5. The third-order valence-electron chi connectivity index (χ3n) is 7.95. The lowest BCUT2D eigenvalue weighted by atomic mass is 10.0. The minimum absolute atomic E-state index is 0.00556. The number of alkyl halides is 3. The van der Waals surface area contributed by atoms with E-state index in [0.29, 0.717) is 38.3 Å². The van der Waals surface area contributed by atoms with E-state index >= 15 is 0 Å². The van der Waals surface area contributed by atoms with Gasteiger partial charge in [0.05, 0.1) is 17.0 Å². The highest BCUT2D eigenvalue weighted by molar-refractivity contribution is 5.95. The van der Waals surface area contributed by atoms with Crippen LogP contribution in [0.25, 0.3) is 28.0 Å². The van der Waals surface area contributed by atoms with Crippen LogP contribution in [0, 0.1) is 5.82 Å². The molecule has 44 heavy (non-hydrogen) atoms. The number of carbonyl (C=O) groups is 2. The topological polar surface area (TPSA) is 57.9 Å². The number of ketones is 1. The van der Waals surface area contributed by atoms with Crippen LogP contribution in [0.3, 0.4) is 0 Å². The molecule has 6 rings (SSSR count). The molecule has 0 N–H and O–H groups in total. The maximum atomic E-state index is 13.8. The fourth-order valence-electron chi connectivity index (χ4n) is 5.46. The average molecular weight is 601 g/mol. The average Bonchev–Trinajstić information content (AvgIpc) is 3.38. The van der Waals surface area contributed by atoms with Gasteiger partial charge >= 0.3 is 6.18 Å². The normalized spacial score (nSPS) is 14.2. The van der Waals surface area contributed by atoms with Gasteiger partial charge in [0.15, 0.2) is 5.78 Å². The van der Waals surface area contributed by atoms with Crippen LogP contribution in [0.15, 0.2) is 91.1 Å². The highest BCUT2D eigenvalue weighted by atomic mass is 19.4. The number of carbonyl (C=O) groups excluding carboxylic acids is 2. The fraction of sp³-hybridized carbons (Fsp3) is 0.206. The minimum atomic E-state index is -4.46. The maximum absolute atomic E-state index is 13.8. The van der Waals surface area contributed by atoms with E-state index in [-0.39, 0.29) is 23.1 Å². The Kier molecular flexibility index (Phi) is 7.77. The van der Waals surface area contributed by atoms with E-state index in [9.17, 15) is 27.2 Å². The number of hydrogen-bond acceptors (Lipinski definition) is 4. The summed E-state index contributed by atoms with van der Waals surface area (Å²) in [6.45, 7) is 3.96. The first-order chi connectivity index (χ1) is 21.1. The van der Waals surface area contributed by atoms with Crippen molar-refractivity contribution in [2.24, 2.45) is 0 Å². The summed E-state index contributed by atoms with van der Waals surface area (Å²) >= 11 is 0. The molecule has 0 spiro atoms. The Morgan fingerprint density at radius 1 is 0.750 bits per heavy atom. The number of hydrogen-bond donors (Lipinski definition) is 0. The lowest BCUT2D eigenvalue weighted by Gasteiger charge is -2.34. The van der Waals surface area contributed by atoms with Gasteiger partial charge in [-0.2, -0.15) is 13.2 Å². The van der Waals surface area contributed by atoms with E-state index < -0.39 is 11.7 Å². The van der Waals surface area contributed by atoms with Gasteiger partial charge in [-0.1, -0.05) is 24.3 Å². The molecule has 3 heterocycles. The van der Waals surface area contributed by atoms with Crippen molar-refractivity contribution in [1.82, 2.24) is 19.2 Å². The van der Waals surface area contributed by atoms with Gasteiger partial charge in [-0.3, -0.25) is 14.5 Å². The lowest BCUT2D eigenvalue weighted by molar-refractivity contribution is -0.137. The number of Topliss-reactive ketones (excluding diaryl/α,β-unsaturated/α-hetero) is 1. The first-order valence-corrected chi connectivity index (χ1v) is 14.1. The molecular weight excluding hydrogens is 572 g/mol. The van der Waals surface area contributed by atoms with Crippen molar-refractivity contribution in [2.45, 2.75) is 19.6 Å². The second-order valence-electron chi connectivity index (χ2n) is 10.8. The van der Waals surface area contributed by atoms with Crippen LogP contribution in [-0.2, 0) is 12.7 Å². The van der Waals surface area contributed by atoms with Crippen molar-refractivity contribution in [1.29, 1.82) is 0 Å². The molecule has 1 aliphatic rings. The van der Waals surface area contributed by atoms with E-state index in [4.69, 9.17) is 4.98 Å². The summed E-state index contributed by atoms with van der Waals surface area (Å²) in [5.74, 6) is -0.654. The van der Waals surface area contributed by atoms with Gasteiger partial charge < -0.3 is 9.30 Å². The van der Waals surface area contributed by atoms with Crippen molar-refractivity contribution in [3.05, 3.63) is 119 Å². The summed E-state index contributed by atoms with van der Waals surface area (Å²) in [6.07, 6.45) is -2.46. The number of pyridine rings is 1. The third-order valence-corrected chi connectivity index (χ3v) is 7.95. The quantitative estimate of drug-likeness (QED) is 0.156. The van der Waals surface area contributed by atoms with Crippen LogP contribution in [0.1, 0.15) is 38.9 Å². The van der Waals surface area contributed by atoms with Gasteiger partial charge in [-0.25, -0.2) is 9.37 Å². The Balaban J connectivity index is 1.25. The van der Waals surface area contributed by atoms with Crippen LogP contribution in [0.2, 0.25) is 0 Å². The first-order valence-electron chi connectivity index (χ1n) is 14.1. The second-order valence-corrected chi connectivity index (χ2v) is 10.8. The molecule has 0 saturated carbocycles. The predicted molar refractivity (Wildman–Crippen MR) is 159 cm³/mol. The molecule has 1 fully saturated rings. The maximum Gasteiger partial charge on any atom is 0.416 e. The molecule has 0 unspecified atom stereocenters. The number of amides is 1. The molecule has 3 aromatic carbocycles. The van der Waals surface area contributed by atoms with E-state index in [1.165, 1.54) is 31.2 Å². The van der Waals surface area contributed by atoms with Crippen molar-refractivity contribution in [3.63, 3.8) is 0 Å². The van der Waals surface area contributed by atoms with Gasteiger partial charge in [0.2, 0.25) is 0 Å². The van der Waals surface area contributed by atoms with E-state index in [0.717, 1.165) is 45.9 Å². The zero-order valence-corrected chi connectivity index (χ0v) is 23.8. The minimum Gasteiger partial charge on any atom is -0.336 e. The molecule has 224 valence electrons. The molecule has 0 atom stereocenters. The summed E-state index contributed by atoms with van der Waals surface area (Å²) < 4.78 is 54.6. The fourth-order valence-corrected chi connectivity index (χ4v) is 5.46. The zero-order chi connectivity index (χ0) is 31.0. The SMILES string of the molecule is CC(=O)c1ccc(-c2ccc3nc(-c4ccc(F)cc4)c(CN4CCN(C(=O)c5ccc(C(F)(F)F)cc5)CC4)n3c2)cc1. The molecule has 0 aliphatic carbocycles. The van der Waals surface area contributed by atoms with Gasteiger partial charge in [-0.15, -0.1) is 0 Å². The van der Waals surface area contributed by atoms with Crippen molar-refractivity contribution < 1.29 is 27.2 Å². The zero-order valence-electron chi connectivity index (χ0n) is 23.8. The van der Waals surface area contributed by atoms with E-state index in [2.05, 4.69) is 4.90 Å². The van der Waals surface area contributed by atoms with Crippen molar-refractivity contribution >= 4 is 17.3 Å². The Morgan fingerprint density at radius 3 is 1.95 bits per heavy atom. The monoisotopic (exact) mass is 600 g/mol. The van der Waals surface area contributed by atoms with Gasteiger partial charge in [0, 0.05) is 55.6 Å². The van der Waals surface area contributed by atoms with Crippen LogP contribution in [-0.4, -0.2) is 57.1 Å². The third kappa shape index (κ3) is 5.98. The molecule has 1 amide bonds. The molecular formula is C34H28F4N4O2. The molecule has 10 heteroatoms. The number of rotatable bonds is 6. The smallest absolute Gasteiger partial charge is 0.336 e. The lowest BCUT2D eigenvalue weighted by Crippen LogP contribution is -2.48. The van der Waals surface area contributed by atoms with E-state index in [1.807, 2.05) is 34.9 Å². The standard InChI is InChI=1S/C34H28F4N4O2/c1-22(43)23-2-4-24(5-3-23)27-10-15-31-39-32(25-8-13-29(35)14-9-25)30(42(31)20-27)21-40-16-18-41(19-17-40)33(44)26-6-11-28(12-7-26)34(36,37)38/h2-15,20H,16-19,21H2,1H3.